The predicted molar refractivity (Wildman–Crippen MR) is 82.2 cm³/mol. The summed E-state index contributed by atoms with van der Waals surface area (Å²) in [5.41, 5.74) is 0.428. The van der Waals surface area contributed by atoms with E-state index in [0.717, 1.165) is 5.56 Å². The molecule has 21 heavy (non-hydrogen) atoms. The minimum Gasteiger partial charge on any atom is -0.427 e. The van der Waals surface area contributed by atoms with Gasteiger partial charge in [0.05, 0.1) is 11.2 Å². The summed E-state index contributed by atoms with van der Waals surface area (Å²) in [6.45, 7) is 11.6. The number of benzene rings is 1. The van der Waals surface area contributed by atoms with E-state index in [9.17, 15) is 4.79 Å². The first-order valence-corrected chi connectivity index (χ1v) is 7.26. The first-order valence-electron chi connectivity index (χ1n) is 7.26. The number of carbonyl (C=O) groups is 1. The van der Waals surface area contributed by atoms with Crippen molar-refractivity contribution < 1.29 is 18.8 Å². The first-order chi connectivity index (χ1) is 9.62. The van der Waals surface area contributed by atoms with Crippen molar-refractivity contribution in [3.63, 3.8) is 0 Å². The summed E-state index contributed by atoms with van der Waals surface area (Å²) in [4.78, 5) is 10.9. The molecule has 0 spiro atoms. The Morgan fingerprint density at radius 2 is 1.57 bits per heavy atom. The second-order valence-electron chi connectivity index (χ2n) is 6.58. The van der Waals surface area contributed by atoms with E-state index in [2.05, 4.69) is 6.92 Å². The van der Waals surface area contributed by atoms with Crippen LogP contribution in [0.2, 0.25) is 0 Å². The maximum Gasteiger partial charge on any atom is 0.465 e. The highest BCUT2D eigenvalue weighted by Gasteiger charge is 2.52. The Morgan fingerprint density at radius 1 is 1.10 bits per heavy atom. The lowest BCUT2D eigenvalue weighted by molar-refractivity contribution is -0.131. The smallest absolute Gasteiger partial charge is 0.427 e. The number of hydrogen-bond donors (Lipinski definition) is 0. The summed E-state index contributed by atoms with van der Waals surface area (Å²) in [7, 11) is -0.283. The minimum atomic E-state index is -0.330. The molecular weight excluding hydrogens is 267 g/mol. The van der Waals surface area contributed by atoms with Gasteiger partial charge in [-0.15, -0.1) is 0 Å². The Labute approximate surface area is 126 Å². The van der Waals surface area contributed by atoms with Gasteiger partial charge in [0.15, 0.2) is 0 Å². The summed E-state index contributed by atoms with van der Waals surface area (Å²) in [6.07, 6.45) is 0. The van der Waals surface area contributed by atoms with E-state index in [1.807, 2.05) is 39.8 Å². The van der Waals surface area contributed by atoms with Crippen molar-refractivity contribution in [1.82, 2.24) is 0 Å². The third-order valence-electron chi connectivity index (χ3n) is 4.35. The fourth-order valence-corrected chi connectivity index (χ4v) is 2.26. The second-order valence-corrected chi connectivity index (χ2v) is 6.58. The number of ether oxygens (including phenoxy) is 1. The quantitative estimate of drug-likeness (QED) is 0.486. The van der Waals surface area contributed by atoms with Crippen LogP contribution in [0.1, 0.15) is 52.9 Å². The summed E-state index contributed by atoms with van der Waals surface area (Å²) < 4.78 is 17.2. The van der Waals surface area contributed by atoms with Crippen molar-refractivity contribution in [1.29, 1.82) is 0 Å². The van der Waals surface area contributed by atoms with E-state index < -0.39 is 0 Å². The number of hydrogen-bond acceptors (Lipinski definition) is 4. The van der Waals surface area contributed by atoms with Crippen LogP contribution in [-0.2, 0) is 14.1 Å². The molecule has 1 heterocycles. The Kier molecular flexibility index (Phi) is 4.18. The van der Waals surface area contributed by atoms with Crippen molar-refractivity contribution >= 4 is 13.1 Å². The molecule has 4 nitrogen and oxygen atoms in total. The maximum atomic E-state index is 10.9. The van der Waals surface area contributed by atoms with Gasteiger partial charge in [0.25, 0.3) is 0 Å². The van der Waals surface area contributed by atoms with E-state index in [1.165, 1.54) is 6.92 Å². The van der Waals surface area contributed by atoms with Crippen LogP contribution in [0, 0.1) is 0 Å². The van der Waals surface area contributed by atoms with Crippen molar-refractivity contribution in [2.75, 3.05) is 0 Å². The molecule has 1 aliphatic heterocycles. The van der Waals surface area contributed by atoms with Gasteiger partial charge < -0.3 is 14.0 Å². The summed E-state index contributed by atoms with van der Waals surface area (Å²) >= 11 is 0. The zero-order valence-corrected chi connectivity index (χ0v) is 13.6. The lowest BCUT2D eigenvalue weighted by Gasteiger charge is -2.32. The average molecular weight is 290 g/mol. The van der Waals surface area contributed by atoms with E-state index in [4.69, 9.17) is 14.0 Å². The van der Waals surface area contributed by atoms with Gasteiger partial charge in [-0.05, 0) is 45.4 Å². The minimum absolute atomic E-state index is 0.0948. The zero-order valence-electron chi connectivity index (χ0n) is 13.6. The molecule has 1 saturated heterocycles. The van der Waals surface area contributed by atoms with Gasteiger partial charge in [0, 0.05) is 12.7 Å². The zero-order chi connectivity index (χ0) is 15.8. The topological polar surface area (TPSA) is 44.8 Å². The largest absolute Gasteiger partial charge is 0.465 e. The van der Waals surface area contributed by atoms with Crippen LogP contribution in [0.15, 0.2) is 24.3 Å². The van der Waals surface area contributed by atoms with Crippen molar-refractivity contribution in [3.8, 4) is 5.75 Å². The van der Waals surface area contributed by atoms with Crippen molar-refractivity contribution in [2.45, 2.75) is 58.6 Å². The van der Waals surface area contributed by atoms with Gasteiger partial charge >= 0.3 is 13.1 Å². The lowest BCUT2D eigenvalue weighted by Crippen LogP contribution is -2.41. The molecule has 1 aromatic carbocycles. The molecule has 1 aromatic rings. The third kappa shape index (κ3) is 3.30. The van der Waals surface area contributed by atoms with Gasteiger partial charge in [-0.25, -0.2) is 0 Å². The molecule has 0 N–H and O–H groups in total. The van der Waals surface area contributed by atoms with Crippen LogP contribution in [0.4, 0.5) is 0 Å². The molecule has 1 atom stereocenters. The molecule has 1 fully saturated rings. The molecule has 0 amide bonds. The van der Waals surface area contributed by atoms with E-state index in [-0.39, 0.29) is 30.1 Å². The maximum absolute atomic E-state index is 10.9. The van der Waals surface area contributed by atoms with E-state index in [1.54, 1.807) is 12.1 Å². The lowest BCUT2D eigenvalue weighted by atomic mass is 9.69. The van der Waals surface area contributed by atoms with Gasteiger partial charge in [0.2, 0.25) is 0 Å². The van der Waals surface area contributed by atoms with Crippen LogP contribution < -0.4 is 4.74 Å². The molecule has 0 bridgehead atoms. The highest BCUT2D eigenvalue weighted by molar-refractivity contribution is 6.47. The molecule has 0 aromatic heterocycles. The Hall–Kier alpha value is -1.33. The summed E-state index contributed by atoms with van der Waals surface area (Å²) in [5, 5.41) is 0. The number of esters is 1. The van der Waals surface area contributed by atoms with Crippen molar-refractivity contribution in [2.24, 2.45) is 0 Å². The Bertz CT molecular complexity index is 506. The summed E-state index contributed by atoms with van der Waals surface area (Å²) in [5.74, 6) is 0.326. The van der Waals surface area contributed by atoms with Crippen LogP contribution >= 0.6 is 0 Å². The fraction of sp³-hybridized carbons (Fsp3) is 0.562. The molecule has 0 radical (unpaired) electrons. The number of carbonyl (C=O) groups excluding carboxylic acids is 1. The molecule has 1 aliphatic rings. The molecule has 5 heteroatoms. The van der Waals surface area contributed by atoms with Crippen LogP contribution in [-0.4, -0.2) is 24.3 Å². The van der Waals surface area contributed by atoms with Gasteiger partial charge in [-0.1, -0.05) is 19.1 Å². The highest BCUT2D eigenvalue weighted by Crippen LogP contribution is 2.40. The Morgan fingerprint density at radius 3 is 2.00 bits per heavy atom. The van der Waals surface area contributed by atoms with E-state index >= 15 is 0 Å². The third-order valence-corrected chi connectivity index (χ3v) is 4.35. The van der Waals surface area contributed by atoms with Crippen LogP contribution in [0.25, 0.3) is 0 Å². The molecule has 0 aliphatic carbocycles. The number of rotatable bonds is 3. The van der Waals surface area contributed by atoms with Gasteiger partial charge in [-0.3, -0.25) is 4.79 Å². The van der Waals surface area contributed by atoms with Gasteiger partial charge in [0.1, 0.15) is 5.75 Å². The van der Waals surface area contributed by atoms with Gasteiger partial charge in [-0.2, -0.15) is 0 Å². The fourth-order valence-electron chi connectivity index (χ4n) is 2.26. The first kappa shape index (κ1) is 16.1. The predicted octanol–water partition coefficient (Wildman–Crippen LogP) is 3.35. The monoisotopic (exact) mass is 290 g/mol. The second kappa shape index (κ2) is 5.46. The van der Waals surface area contributed by atoms with Crippen LogP contribution in [0.3, 0.4) is 0 Å². The normalized spacial score (nSPS) is 21.1. The van der Waals surface area contributed by atoms with Crippen molar-refractivity contribution in [3.05, 3.63) is 29.8 Å². The van der Waals surface area contributed by atoms with Crippen LogP contribution in [0.5, 0.6) is 5.75 Å². The average Bonchev–Trinajstić information content (AvgIpc) is 2.58. The van der Waals surface area contributed by atoms with E-state index in [0.29, 0.717) is 5.75 Å². The standard InChI is InChI=1S/C16H23BO4/c1-11(17-20-15(3,4)16(5,6)21-17)13-7-9-14(10-8-13)19-12(2)18/h7-11H,1-6H3. The Balaban J connectivity index is 2.11. The highest BCUT2D eigenvalue weighted by atomic mass is 16.7. The SMILES string of the molecule is CC(=O)Oc1ccc(C(C)B2OC(C)(C)C(C)(C)O2)cc1. The molecule has 0 saturated carbocycles. The summed E-state index contributed by atoms with van der Waals surface area (Å²) in [6, 6.07) is 7.46. The molecule has 1 unspecified atom stereocenters. The molecule has 114 valence electrons. The molecular formula is C16H23BO4. The molecule has 2 rings (SSSR count).